The summed E-state index contributed by atoms with van der Waals surface area (Å²) in [5.74, 6) is -0.445. The molecule has 28 heavy (non-hydrogen) atoms. The predicted octanol–water partition coefficient (Wildman–Crippen LogP) is 4.65. The number of benzene rings is 2. The Morgan fingerprint density at radius 2 is 1.61 bits per heavy atom. The van der Waals surface area contributed by atoms with Crippen molar-refractivity contribution in [1.82, 2.24) is 5.32 Å². The molecule has 0 aromatic heterocycles. The average Bonchev–Trinajstić information content (AvgIpc) is 3.05. The lowest BCUT2D eigenvalue weighted by atomic mass is 9.98. The SMILES string of the molecule is CCCCCC(NC(=O)OCC1c2ccccc2-c2ccccc21)C(=O)OC. The van der Waals surface area contributed by atoms with Crippen LogP contribution in [0.4, 0.5) is 4.79 Å². The largest absolute Gasteiger partial charge is 0.467 e. The summed E-state index contributed by atoms with van der Waals surface area (Å²) in [6.07, 6.45) is 2.84. The summed E-state index contributed by atoms with van der Waals surface area (Å²) in [5.41, 5.74) is 4.67. The fourth-order valence-electron chi connectivity index (χ4n) is 3.77. The summed E-state index contributed by atoms with van der Waals surface area (Å²) in [5, 5.41) is 2.66. The molecule has 1 unspecified atom stereocenters. The number of amides is 1. The van der Waals surface area contributed by atoms with Gasteiger partial charge in [0.15, 0.2) is 0 Å². The van der Waals surface area contributed by atoms with Crippen LogP contribution >= 0.6 is 0 Å². The molecule has 0 heterocycles. The first kappa shape index (κ1) is 19.9. The Morgan fingerprint density at radius 1 is 1.00 bits per heavy atom. The van der Waals surface area contributed by atoms with Crippen LogP contribution in [0.3, 0.4) is 0 Å². The number of hydrogen-bond acceptors (Lipinski definition) is 4. The second-order valence-electron chi connectivity index (χ2n) is 7.04. The number of alkyl carbamates (subject to hydrolysis) is 1. The molecule has 3 rings (SSSR count). The van der Waals surface area contributed by atoms with Crippen LogP contribution in [0.1, 0.15) is 49.7 Å². The number of ether oxygens (including phenoxy) is 2. The van der Waals surface area contributed by atoms with Crippen LogP contribution in [0, 0.1) is 0 Å². The number of unbranched alkanes of at least 4 members (excludes halogenated alkanes) is 2. The number of carbonyl (C=O) groups is 2. The number of hydrogen-bond donors (Lipinski definition) is 1. The minimum Gasteiger partial charge on any atom is -0.467 e. The van der Waals surface area contributed by atoms with Crippen molar-refractivity contribution in [1.29, 1.82) is 0 Å². The molecular weight excluding hydrogens is 354 g/mol. The Balaban J connectivity index is 1.64. The summed E-state index contributed by atoms with van der Waals surface area (Å²) in [4.78, 5) is 24.3. The lowest BCUT2D eigenvalue weighted by Crippen LogP contribution is -2.42. The van der Waals surface area contributed by atoms with Crippen molar-refractivity contribution in [3.05, 3.63) is 59.7 Å². The van der Waals surface area contributed by atoms with Crippen molar-refractivity contribution in [2.45, 2.75) is 44.6 Å². The molecule has 2 aromatic rings. The zero-order chi connectivity index (χ0) is 19.9. The van der Waals surface area contributed by atoms with Gasteiger partial charge in [0, 0.05) is 5.92 Å². The number of rotatable bonds is 8. The lowest BCUT2D eigenvalue weighted by Gasteiger charge is -2.18. The van der Waals surface area contributed by atoms with Crippen molar-refractivity contribution in [3.8, 4) is 11.1 Å². The zero-order valence-electron chi connectivity index (χ0n) is 16.4. The molecule has 0 aliphatic heterocycles. The highest BCUT2D eigenvalue weighted by Gasteiger charge is 2.29. The molecule has 2 aromatic carbocycles. The number of esters is 1. The Bertz CT molecular complexity index is 787. The molecule has 1 N–H and O–H groups in total. The van der Waals surface area contributed by atoms with Gasteiger partial charge in [-0.2, -0.15) is 0 Å². The van der Waals surface area contributed by atoms with Crippen LogP contribution in [-0.4, -0.2) is 31.8 Å². The van der Waals surface area contributed by atoms with Gasteiger partial charge in [-0.15, -0.1) is 0 Å². The van der Waals surface area contributed by atoms with Gasteiger partial charge in [-0.25, -0.2) is 9.59 Å². The fraction of sp³-hybridized carbons (Fsp3) is 0.391. The van der Waals surface area contributed by atoms with Crippen molar-refractivity contribution in [3.63, 3.8) is 0 Å². The zero-order valence-corrected chi connectivity index (χ0v) is 16.4. The second kappa shape index (κ2) is 9.40. The van der Waals surface area contributed by atoms with Crippen LogP contribution in [0.5, 0.6) is 0 Å². The molecule has 0 radical (unpaired) electrons. The monoisotopic (exact) mass is 381 g/mol. The van der Waals surface area contributed by atoms with Crippen LogP contribution in [0.15, 0.2) is 48.5 Å². The number of methoxy groups -OCH3 is 1. The Labute approximate surface area is 166 Å². The van der Waals surface area contributed by atoms with Gasteiger partial charge in [0.1, 0.15) is 12.6 Å². The molecular formula is C23H27NO4. The van der Waals surface area contributed by atoms with Crippen molar-refractivity contribution >= 4 is 12.1 Å². The van der Waals surface area contributed by atoms with E-state index in [1.807, 2.05) is 24.3 Å². The topological polar surface area (TPSA) is 64.6 Å². The van der Waals surface area contributed by atoms with E-state index in [2.05, 4.69) is 36.5 Å². The summed E-state index contributed by atoms with van der Waals surface area (Å²) >= 11 is 0. The van der Waals surface area contributed by atoms with Crippen molar-refractivity contribution in [2.75, 3.05) is 13.7 Å². The highest BCUT2D eigenvalue weighted by atomic mass is 16.6. The normalized spacial score (nSPS) is 13.4. The molecule has 5 heteroatoms. The van der Waals surface area contributed by atoms with Gasteiger partial charge >= 0.3 is 12.1 Å². The summed E-state index contributed by atoms with van der Waals surface area (Å²) in [6.45, 7) is 2.31. The minimum absolute atomic E-state index is 0.00480. The number of carbonyl (C=O) groups excluding carboxylic acids is 2. The third-order valence-electron chi connectivity index (χ3n) is 5.22. The molecule has 0 saturated carbocycles. The van der Waals surface area contributed by atoms with Crippen LogP contribution in [0.2, 0.25) is 0 Å². The van der Waals surface area contributed by atoms with E-state index in [1.54, 1.807) is 0 Å². The van der Waals surface area contributed by atoms with E-state index in [0.29, 0.717) is 6.42 Å². The van der Waals surface area contributed by atoms with Gasteiger partial charge in [-0.05, 0) is 28.7 Å². The van der Waals surface area contributed by atoms with Gasteiger partial charge in [-0.3, -0.25) is 0 Å². The quantitative estimate of drug-likeness (QED) is 0.534. The van der Waals surface area contributed by atoms with Crippen molar-refractivity contribution in [2.24, 2.45) is 0 Å². The van der Waals surface area contributed by atoms with E-state index in [4.69, 9.17) is 9.47 Å². The molecule has 1 atom stereocenters. The van der Waals surface area contributed by atoms with Crippen LogP contribution in [0.25, 0.3) is 11.1 Å². The fourth-order valence-corrected chi connectivity index (χ4v) is 3.77. The van der Waals surface area contributed by atoms with Gasteiger partial charge in [0.05, 0.1) is 7.11 Å². The van der Waals surface area contributed by atoms with Crippen LogP contribution < -0.4 is 5.32 Å². The average molecular weight is 381 g/mol. The molecule has 1 aliphatic rings. The molecule has 0 saturated heterocycles. The first-order chi connectivity index (χ1) is 13.7. The first-order valence-corrected chi connectivity index (χ1v) is 9.85. The van der Waals surface area contributed by atoms with E-state index in [0.717, 1.165) is 30.4 Å². The molecule has 0 bridgehead atoms. The maximum absolute atomic E-state index is 12.3. The summed E-state index contributed by atoms with van der Waals surface area (Å²) in [7, 11) is 1.33. The number of fused-ring (bicyclic) bond motifs is 3. The van der Waals surface area contributed by atoms with E-state index in [1.165, 1.54) is 18.2 Å². The highest BCUT2D eigenvalue weighted by Crippen LogP contribution is 2.44. The molecule has 1 aliphatic carbocycles. The van der Waals surface area contributed by atoms with Gasteiger partial charge in [-0.1, -0.05) is 74.7 Å². The molecule has 0 spiro atoms. The van der Waals surface area contributed by atoms with E-state index in [9.17, 15) is 9.59 Å². The van der Waals surface area contributed by atoms with E-state index >= 15 is 0 Å². The lowest BCUT2D eigenvalue weighted by molar-refractivity contribution is -0.143. The Kier molecular flexibility index (Phi) is 6.69. The maximum atomic E-state index is 12.3. The maximum Gasteiger partial charge on any atom is 0.407 e. The standard InChI is InChI=1S/C23H27NO4/c1-3-4-5-14-21(22(25)27-2)24-23(26)28-15-20-18-12-8-6-10-16(18)17-11-7-9-13-19(17)20/h6-13,20-21H,3-5,14-15H2,1-2H3,(H,24,26). The van der Waals surface area contributed by atoms with Crippen molar-refractivity contribution < 1.29 is 19.1 Å². The molecule has 148 valence electrons. The first-order valence-electron chi connectivity index (χ1n) is 9.85. The smallest absolute Gasteiger partial charge is 0.407 e. The third kappa shape index (κ3) is 4.35. The predicted molar refractivity (Wildman–Crippen MR) is 108 cm³/mol. The van der Waals surface area contributed by atoms with Gasteiger partial charge in [0.2, 0.25) is 0 Å². The Hall–Kier alpha value is -2.82. The van der Waals surface area contributed by atoms with E-state index < -0.39 is 18.1 Å². The highest BCUT2D eigenvalue weighted by molar-refractivity contribution is 5.82. The molecule has 0 fully saturated rings. The van der Waals surface area contributed by atoms with E-state index in [-0.39, 0.29) is 12.5 Å². The minimum atomic E-state index is -0.674. The van der Waals surface area contributed by atoms with Crippen LogP contribution in [-0.2, 0) is 14.3 Å². The number of nitrogens with one attached hydrogen (secondary N) is 1. The van der Waals surface area contributed by atoms with Gasteiger partial charge < -0.3 is 14.8 Å². The summed E-state index contributed by atoms with van der Waals surface area (Å²) < 4.78 is 10.3. The molecule has 5 nitrogen and oxygen atoms in total. The molecule has 1 amide bonds. The second-order valence-corrected chi connectivity index (χ2v) is 7.04. The third-order valence-corrected chi connectivity index (χ3v) is 5.22. The Morgan fingerprint density at radius 3 is 2.18 bits per heavy atom. The summed E-state index contributed by atoms with van der Waals surface area (Å²) in [6, 6.07) is 15.7. The van der Waals surface area contributed by atoms with Gasteiger partial charge in [0.25, 0.3) is 0 Å².